The summed E-state index contributed by atoms with van der Waals surface area (Å²) in [6, 6.07) is 2.39. The van der Waals surface area contributed by atoms with Crippen molar-refractivity contribution in [2.45, 2.75) is 31.7 Å². The molecule has 2 fully saturated rings. The number of amides is 1. The Morgan fingerprint density at radius 1 is 1.35 bits per heavy atom. The molecule has 8 heteroatoms. The van der Waals surface area contributed by atoms with Crippen LogP contribution in [0.2, 0.25) is 0 Å². The van der Waals surface area contributed by atoms with Crippen molar-refractivity contribution in [1.29, 1.82) is 0 Å². The van der Waals surface area contributed by atoms with Crippen molar-refractivity contribution in [3.63, 3.8) is 0 Å². The summed E-state index contributed by atoms with van der Waals surface area (Å²) in [5.74, 6) is -0.936. The fourth-order valence-corrected chi connectivity index (χ4v) is 3.23. The Hall–Kier alpha value is -1.83. The van der Waals surface area contributed by atoms with E-state index >= 15 is 0 Å². The number of benzene rings is 1. The van der Waals surface area contributed by atoms with E-state index in [0.717, 1.165) is 12.1 Å². The summed E-state index contributed by atoms with van der Waals surface area (Å²) in [4.78, 5) is 12.0. The number of nitrogens with zero attached hydrogens (tertiary/aromatic N) is 1. The van der Waals surface area contributed by atoms with E-state index in [1.54, 1.807) is 0 Å². The number of alkyl halides is 3. The minimum absolute atomic E-state index is 0.0260. The number of halogens is 4. The van der Waals surface area contributed by atoms with Gasteiger partial charge in [0.25, 0.3) is 0 Å². The first-order valence-electron chi connectivity index (χ1n) is 7.14. The number of carboxylic acid groups (broad SMARTS) is 1. The Kier molecular flexibility index (Phi) is 3.74. The van der Waals surface area contributed by atoms with Crippen molar-refractivity contribution in [2.24, 2.45) is 5.41 Å². The summed E-state index contributed by atoms with van der Waals surface area (Å²) < 4.78 is 56.5. The second-order valence-electron chi connectivity index (χ2n) is 6.28. The highest BCUT2D eigenvalue weighted by molar-refractivity contribution is 5.66. The molecule has 0 aromatic heterocycles. The Morgan fingerprint density at radius 3 is 2.52 bits per heavy atom. The van der Waals surface area contributed by atoms with Crippen LogP contribution in [0.4, 0.5) is 22.4 Å². The third kappa shape index (κ3) is 3.12. The minimum atomic E-state index is -4.57. The maximum Gasteiger partial charge on any atom is 0.416 e. The maximum absolute atomic E-state index is 13.7. The highest BCUT2D eigenvalue weighted by Gasteiger charge is 2.54. The molecule has 1 aromatic rings. The van der Waals surface area contributed by atoms with Gasteiger partial charge in [-0.2, -0.15) is 13.2 Å². The van der Waals surface area contributed by atoms with Gasteiger partial charge in [-0.15, -0.1) is 0 Å². The quantitative estimate of drug-likeness (QED) is 0.861. The number of hydrogen-bond donors (Lipinski definition) is 1. The van der Waals surface area contributed by atoms with Crippen molar-refractivity contribution in [3.05, 3.63) is 35.1 Å². The third-order valence-corrected chi connectivity index (χ3v) is 4.50. The van der Waals surface area contributed by atoms with Gasteiger partial charge in [0.2, 0.25) is 0 Å². The van der Waals surface area contributed by atoms with Crippen LogP contribution in [-0.4, -0.2) is 35.3 Å². The van der Waals surface area contributed by atoms with Crippen LogP contribution < -0.4 is 0 Å². The molecular formula is C15H15F4NO3. The highest BCUT2D eigenvalue weighted by atomic mass is 19.4. The van der Waals surface area contributed by atoms with E-state index in [1.807, 2.05) is 0 Å². The molecule has 0 radical (unpaired) electrons. The average molecular weight is 333 g/mol. The lowest BCUT2D eigenvalue weighted by Gasteiger charge is -2.57. The zero-order chi connectivity index (χ0) is 16.8. The van der Waals surface area contributed by atoms with Crippen LogP contribution in [0, 0.1) is 11.2 Å². The van der Waals surface area contributed by atoms with Crippen molar-refractivity contribution in [1.82, 2.24) is 4.90 Å². The minimum Gasteiger partial charge on any atom is -0.465 e. The topological polar surface area (TPSA) is 49.8 Å². The van der Waals surface area contributed by atoms with Crippen molar-refractivity contribution < 1.29 is 32.2 Å². The number of likely N-dealkylation sites (tertiary alicyclic amines) is 1. The van der Waals surface area contributed by atoms with Gasteiger partial charge < -0.3 is 14.7 Å². The first-order chi connectivity index (χ1) is 10.7. The molecule has 0 atom stereocenters. The molecule has 23 heavy (non-hydrogen) atoms. The van der Waals surface area contributed by atoms with Gasteiger partial charge in [0.1, 0.15) is 5.82 Å². The lowest BCUT2D eigenvalue weighted by atomic mass is 9.62. The van der Waals surface area contributed by atoms with Crippen molar-refractivity contribution in [2.75, 3.05) is 13.1 Å². The van der Waals surface area contributed by atoms with Gasteiger partial charge in [-0.05, 0) is 25.0 Å². The molecular weight excluding hydrogens is 318 g/mol. The Bertz CT molecular complexity index is 618. The van der Waals surface area contributed by atoms with Gasteiger partial charge in [0.05, 0.1) is 18.3 Å². The van der Waals surface area contributed by atoms with E-state index in [0.29, 0.717) is 32.0 Å². The van der Waals surface area contributed by atoms with Crippen LogP contribution in [0.15, 0.2) is 18.2 Å². The highest BCUT2D eigenvalue weighted by Crippen LogP contribution is 2.49. The first-order valence-corrected chi connectivity index (χ1v) is 7.14. The number of rotatable bonds is 3. The van der Waals surface area contributed by atoms with Crippen LogP contribution in [0.5, 0.6) is 0 Å². The van der Waals surface area contributed by atoms with E-state index < -0.39 is 23.7 Å². The van der Waals surface area contributed by atoms with E-state index in [2.05, 4.69) is 0 Å². The van der Waals surface area contributed by atoms with Crippen molar-refractivity contribution in [3.8, 4) is 0 Å². The Balaban J connectivity index is 1.48. The van der Waals surface area contributed by atoms with E-state index in [9.17, 15) is 22.4 Å². The summed E-state index contributed by atoms with van der Waals surface area (Å²) in [5.41, 5.74) is -0.967. The largest absolute Gasteiger partial charge is 0.465 e. The molecule has 126 valence electrons. The molecule has 3 rings (SSSR count). The number of hydrogen-bond acceptors (Lipinski definition) is 2. The Labute approximate surface area is 129 Å². The van der Waals surface area contributed by atoms with Gasteiger partial charge in [-0.3, -0.25) is 0 Å². The molecule has 1 aromatic carbocycles. The number of ether oxygens (including phenoxy) is 1. The van der Waals surface area contributed by atoms with Crippen LogP contribution in [-0.2, 0) is 17.5 Å². The standard InChI is InChI=1S/C15H15F4NO3/c16-12-3-10(15(17,18)19)2-1-9(12)6-23-11-4-14(5-11)7-20(8-14)13(21)22/h1-3,11H,4-8H2,(H,21,22). The molecule has 0 unspecified atom stereocenters. The molecule has 1 aliphatic carbocycles. The Morgan fingerprint density at radius 2 is 2.00 bits per heavy atom. The zero-order valence-electron chi connectivity index (χ0n) is 12.1. The molecule has 1 spiro atoms. The third-order valence-electron chi connectivity index (χ3n) is 4.50. The van der Waals surface area contributed by atoms with Crippen LogP contribution >= 0.6 is 0 Å². The predicted molar refractivity (Wildman–Crippen MR) is 71.2 cm³/mol. The monoisotopic (exact) mass is 333 g/mol. The van der Waals surface area contributed by atoms with Crippen molar-refractivity contribution >= 4 is 6.09 Å². The molecule has 1 aliphatic heterocycles. The maximum atomic E-state index is 13.7. The lowest BCUT2D eigenvalue weighted by Crippen LogP contribution is -2.65. The SMILES string of the molecule is O=C(O)N1CC2(CC(OCc3ccc(C(F)(F)F)cc3F)C2)C1. The molecule has 2 aliphatic rings. The van der Waals surface area contributed by atoms with E-state index in [1.165, 1.54) is 4.90 Å². The van der Waals surface area contributed by atoms with Crippen LogP contribution in [0.25, 0.3) is 0 Å². The van der Waals surface area contributed by atoms with E-state index in [-0.39, 0.29) is 23.7 Å². The molecule has 1 heterocycles. The molecule has 1 saturated carbocycles. The fourth-order valence-electron chi connectivity index (χ4n) is 3.23. The molecule has 1 amide bonds. The van der Waals surface area contributed by atoms with E-state index in [4.69, 9.17) is 9.84 Å². The molecule has 0 bridgehead atoms. The van der Waals surface area contributed by atoms with Gasteiger partial charge in [-0.25, -0.2) is 9.18 Å². The van der Waals surface area contributed by atoms with Crippen LogP contribution in [0.1, 0.15) is 24.0 Å². The predicted octanol–water partition coefficient (Wildman–Crippen LogP) is 3.50. The summed E-state index contributed by atoms with van der Waals surface area (Å²) in [6.45, 7) is 0.876. The smallest absolute Gasteiger partial charge is 0.416 e. The molecule has 4 nitrogen and oxygen atoms in total. The second-order valence-corrected chi connectivity index (χ2v) is 6.28. The summed E-state index contributed by atoms with van der Waals surface area (Å²) in [7, 11) is 0. The van der Waals surface area contributed by atoms with Crippen LogP contribution in [0.3, 0.4) is 0 Å². The second kappa shape index (κ2) is 5.36. The fraction of sp³-hybridized carbons (Fsp3) is 0.533. The zero-order valence-corrected chi connectivity index (χ0v) is 12.1. The lowest BCUT2D eigenvalue weighted by molar-refractivity contribution is -0.146. The van der Waals surface area contributed by atoms with Gasteiger partial charge >= 0.3 is 12.3 Å². The summed E-state index contributed by atoms with van der Waals surface area (Å²) in [5, 5.41) is 8.79. The normalized spacial score (nSPS) is 20.3. The van der Waals surface area contributed by atoms with Gasteiger partial charge in [-0.1, -0.05) is 6.07 Å². The first kappa shape index (κ1) is 16.0. The summed E-state index contributed by atoms with van der Waals surface area (Å²) in [6.07, 6.45) is -4.22. The number of carbonyl (C=O) groups is 1. The van der Waals surface area contributed by atoms with Gasteiger partial charge in [0.15, 0.2) is 0 Å². The average Bonchev–Trinajstić information content (AvgIpc) is 2.34. The molecule has 1 N–H and O–H groups in total. The van der Waals surface area contributed by atoms with Gasteiger partial charge in [0, 0.05) is 24.1 Å². The molecule has 1 saturated heterocycles. The summed E-state index contributed by atoms with van der Waals surface area (Å²) >= 11 is 0.